The molecule has 2 aromatic rings. The van der Waals surface area contributed by atoms with Gasteiger partial charge in [0.05, 0.1) is 17.9 Å². The number of hydrogen-bond acceptors (Lipinski definition) is 5. The van der Waals surface area contributed by atoms with Crippen LogP contribution in [-0.2, 0) is 17.0 Å². The van der Waals surface area contributed by atoms with Gasteiger partial charge in [-0.15, -0.1) is 0 Å². The van der Waals surface area contributed by atoms with Crippen molar-refractivity contribution in [2.24, 2.45) is 4.99 Å². The number of nitro groups is 1. The molecule has 2 aromatic carbocycles. The van der Waals surface area contributed by atoms with E-state index in [9.17, 15) is 19.3 Å². The first-order valence-electron chi connectivity index (χ1n) is 7.98. The highest BCUT2D eigenvalue weighted by atomic mass is 32.2. The van der Waals surface area contributed by atoms with Crippen molar-refractivity contribution >= 4 is 28.5 Å². The number of amidine groups is 1. The monoisotopic (exact) mass is 373 g/mol. The van der Waals surface area contributed by atoms with Crippen LogP contribution in [-0.4, -0.2) is 34.0 Å². The molecule has 0 atom stereocenters. The Labute approximate surface area is 153 Å². The molecular weight excluding hydrogens is 357 g/mol. The zero-order chi connectivity index (χ0) is 18.5. The molecular formula is C18H16FN3O3S. The van der Waals surface area contributed by atoms with Crippen LogP contribution >= 0.6 is 11.8 Å². The van der Waals surface area contributed by atoms with Crippen molar-refractivity contribution in [1.29, 1.82) is 0 Å². The highest BCUT2D eigenvalue weighted by Crippen LogP contribution is 2.21. The second kappa shape index (κ2) is 8.09. The summed E-state index contributed by atoms with van der Waals surface area (Å²) in [5, 5.41) is 11.3. The Bertz CT molecular complexity index is 855. The lowest BCUT2D eigenvalue weighted by Gasteiger charge is -2.18. The van der Waals surface area contributed by atoms with Crippen molar-refractivity contribution < 1.29 is 14.1 Å². The lowest BCUT2D eigenvalue weighted by molar-refractivity contribution is -0.384. The van der Waals surface area contributed by atoms with Gasteiger partial charge in [0.1, 0.15) is 5.82 Å². The molecule has 8 heteroatoms. The molecule has 26 heavy (non-hydrogen) atoms. The third kappa shape index (κ3) is 4.45. The van der Waals surface area contributed by atoms with E-state index in [0.717, 1.165) is 5.56 Å². The van der Waals surface area contributed by atoms with Crippen molar-refractivity contribution in [3.63, 3.8) is 0 Å². The third-order valence-electron chi connectivity index (χ3n) is 3.86. The first-order chi connectivity index (χ1) is 12.5. The van der Waals surface area contributed by atoms with Gasteiger partial charge in [0.15, 0.2) is 5.17 Å². The maximum Gasteiger partial charge on any atom is 0.269 e. The molecule has 0 fully saturated rings. The van der Waals surface area contributed by atoms with Crippen LogP contribution in [0.2, 0.25) is 0 Å². The maximum atomic E-state index is 13.2. The molecule has 0 saturated heterocycles. The Kier molecular flexibility index (Phi) is 5.62. The van der Waals surface area contributed by atoms with Gasteiger partial charge in [0.2, 0.25) is 5.91 Å². The summed E-state index contributed by atoms with van der Waals surface area (Å²) >= 11 is 1.40. The maximum absolute atomic E-state index is 13.2. The number of carbonyl (C=O) groups is 1. The zero-order valence-corrected chi connectivity index (χ0v) is 14.6. The van der Waals surface area contributed by atoms with E-state index in [2.05, 4.69) is 4.99 Å². The molecule has 0 N–H and O–H groups in total. The predicted octanol–water partition coefficient (Wildman–Crippen LogP) is 3.41. The molecule has 134 valence electrons. The van der Waals surface area contributed by atoms with Crippen LogP contribution in [0.4, 0.5) is 10.1 Å². The molecule has 0 unspecified atom stereocenters. The number of nitro benzene ring substituents is 1. The number of thioether (sulfide) groups is 1. The van der Waals surface area contributed by atoms with Gasteiger partial charge in [-0.05, 0) is 23.3 Å². The number of amides is 1. The fourth-order valence-electron chi connectivity index (χ4n) is 2.56. The van der Waals surface area contributed by atoms with Crippen LogP contribution in [0.3, 0.4) is 0 Å². The Morgan fingerprint density at radius 2 is 2.00 bits per heavy atom. The van der Waals surface area contributed by atoms with Gasteiger partial charge in [-0.2, -0.15) is 0 Å². The molecule has 6 nitrogen and oxygen atoms in total. The average Bonchev–Trinajstić information content (AvgIpc) is 3.09. The Morgan fingerprint density at radius 1 is 1.23 bits per heavy atom. The van der Waals surface area contributed by atoms with Crippen LogP contribution in [0.25, 0.3) is 0 Å². The summed E-state index contributed by atoms with van der Waals surface area (Å²) in [4.78, 5) is 28.7. The molecule has 1 aliphatic heterocycles. The molecule has 0 bridgehead atoms. The van der Waals surface area contributed by atoms with Gasteiger partial charge in [0, 0.05) is 24.4 Å². The van der Waals surface area contributed by atoms with Crippen molar-refractivity contribution in [3.05, 3.63) is 75.6 Å². The number of hydrogen-bond donors (Lipinski definition) is 0. The van der Waals surface area contributed by atoms with E-state index in [0.29, 0.717) is 29.6 Å². The topological polar surface area (TPSA) is 75.8 Å². The molecule has 1 heterocycles. The minimum atomic E-state index is -0.472. The van der Waals surface area contributed by atoms with Crippen molar-refractivity contribution in [2.45, 2.75) is 12.2 Å². The number of carbonyl (C=O) groups excluding carboxylic acids is 1. The fraction of sp³-hybridized carbons (Fsp3) is 0.222. The Hall–Kier alpha value is -2.74. The first-order valence-corrected chi connectivity index (χ1v) is 8.97. The zero-order valence-electron chi connectivity index (χ0n) is 13.8. The van der Waals surface area contributed by atoms with Gasteiger partial charge < -0.3 is 0 Å². The van der Waals surface area contributed by atoms with Gasteiger partial charge >= 0.3 is 0 Å². The van der Waals surface area contributed by atoms with E-state index in [-0.39, 0.29) is 23.8 Å². The summed E-state index contributed by atoms with van der Waals surface area (Å²) in [7, 11) is 0. The van der Waals surface area contributed by atoms with E-state index in [1.807, 2.05) is 6.07 Å². The number of aliphatic imine (C=N–C) groups is 1. The second-order valence-electron chi connectivity index (χ2n) is 5.73. The minimum Gasteiger partial charge on any atom is -0.289 e. The minimum absolute atomic E-state index is 0.00438. The van der Waals surface area contributed by atoms with Gasteiger partial charge in [0.25, 0.3) is 5.69 Å². The molecule has 1 amide bonds. The van der Waals surface area contributed by atoms with Crippen molar-refractivity contribution in [1.82, 2.24) is 4.90 Å². The SMILES string of the molecule is O=C(Cc1ccc([N+](=O)[O-])cc1)N1CCN=C1SCc1cccc(F)c1. The van der Waals surface area contributed by atoms with Crippen LogP contribution in [0.1, 0.15) is 11.1 Å². The van der Waals surface area contributed by atoms with Crippen LogP contribution < -0.4 is 0 Å². The lowest BCUT2D eigenvalue weighted by Crippen LogP contribution is -2.34. The first kappa shape index (κ1) is 18.1. The van der Waals surface area contributed by atoms with E-state index in [4.69, 9.17) is 0 Å². The Morgan fingerprint density at radius 3 is 2.69 bits per heavy atom. The Balaban J connectivity index is 1.60. The van der Waals surface area contributed by atoms with Gasteiger partial charge in [-0.25, -0.2) is 4.39 Å². The summed E-state index contributed by atoms with van der Waals surface area (Å²) in [5.74, 6) is 0.127. The molecule has 3 rings (SSSR count). The quantitative estimate of drug-likeness (QED) is 0.595. The van der Waals surface area contributed by atoms with E-state index >= 15 is 0 Å². The van der Waals surface area contributed by atoms with Crippen molar-refractivity contribution in [2.75, 3.05) is 13.1 Å². The number of benzene rings is 2. The highest BCUT2D eigenvalue weighted by molar-refractivity contribution is 8.13. The summed E-state index contributed by atoms with van der Waals surface area (Å²) in [6.07, 6.45) is 0.150. The van der Waals surface area contributed by atoms with Crippen LogP contribution in [0.5, 0.6) is 0 Å². The lowest BCUT2D eigenvalue weighted by atomic mass is 10.1. The van der Waals surface area contributed by atoms with E-state index < -0.39 is 4.92 Å². The molecule has 0 spiro atoms. The van der Waals surface area contributed by atoms with E-state index in [1.165, 1.54) is 36.0 Å². The number of non-ortho nitro benzene ring substituents is 1. The number of rotatable bonds is 5. The van der Waals surface area contributed by atoms with Crippen LogP contribution in [0.15, 0.2) is 53.5 Å². The predicted molar refractivity (Wildman–Crippen MR) is 98.5 cm³/mol. The van der Waals surface area contributed by atoms with Crippen LogP contribution in [0, 0.1) is 15.9 Å². The normalized spacial score (nSPS) is 13.6. The molecule has 0 aliphatic carbocycles. The van der Waals surface area contributed by atoms with E-state index in [1.54, 1.807) is 23.1 Å². The van der Waals surface area contributed by atoms with Gasteiger partial charge in [-0.3, -0.25) is 24.8 Å². The average molecular weight is 373 g/mol. The standard InChI is InChI=1S/C18H16FN3O3S/c19-15-3-1-2-14(10-15)12-26-18-20-8-9-21(18)17(23)11-13-4-6-16(7-5-13)22(24)25/h1-7,10H,8-9,11-12H2. The summed E-state index contributed by atoms with van der Waals surface area (Å²) in [6.45, 7) is 1.05. The molecule has 0 saturated carbocycles. The number of halogens is 1. The summed E-state index contributed by atoms with van der Waals surface area (Å²) in [5.41, 5.74) is 1.53. The summed E-state index contributed by atoms with van der Waals surface area (Å²) < 4.78 is 13.2. The molecule has 0 radical (unpaired) electrons. The molecule has 1 aliphatic rings. The van der Waals surface area contributed by atoms with Crippen molar-refractivity contribution in [3.8, 4) is 0 Å². The largest absolute Gasteiger partial charge is 0.289 e. The highest BCUT2D eigenvalue weighted by Gasteiger charge is 2.24. The smallest absolute Gasteiger partial charge is 0.269 e. The fourth-order valence-corrected chi connectivity index (χ4v) is 3.57. The summed E-state index contributed by atoms with van der Waals surface area (Å²) in [6, 6.07) is 12.3. The van der Waals surface area contributed by atoms with Gasteiger partial charge in [-0.1, -0.05) is 36.0 Å². The second-order valence-corrected chi connectivity index (χ2v) is 6.67. The third-order valence-corrected chi connectivity index (χ3v) is 4.95. The number of nitrogens with zero attached hydrogens (tertiary/aromatic N) is 3. The molecule has 0 aromatic heterocycles.